The van der Waals surface area contributed by atoms with Gasteiger partial charge >= 0.3 is 0 Å². The Morgan fingerprint density at radius 3 is 2.33 bits per heavy atom. The van der Waals surface area contributed by atoms with Crippen molar-refractivity contribution in [1.82, 2.24) is 14.3 Å². The molecule has 132 valence electrons. The van der Waals surface area contributed by atoms with Gasteiger partial charge in [-0.05, 0) is 48.5 Å². The van der Waals surface area contributed by atoms with Gasteiger partial charge in [-0.2, -0.15) is 9.36 Å². The number of nitrogens with zero attached hydrogens (tertiary/aromatic N) is 3. The molecule has 7 heteroatoms. The lowest BCUT2D eigenvalue weighted by molar-refractivity contribution is 0.102. The van der Waals surface area contributed by atoms with Crippen LogP contribution in [0.2, 0.25) is 0 Å². The molecule has 0 unspecified atom stereocenters. The number of carbonyl (C=O) groups is 1. The van der Waals surface area contributed by atoms with Crippen LogP contribution in [0.4, 0.5) is 16.5 Å². The Hall–Kier alpha value is -3.58. The highest BCUT2D eigenvalue weighted by Gasteiger charge is 2.11. The van der Waals surface area contributed by atoms with Crippen LogP contribution in [0.1, 0.15) is 10.4 Å². The minimum atomic E-state index is -0.231. The molecule has 0 aliphatic heterocycles. The first-order valence-electron chi connectivity index (χ1n) is 8.26. The molecule has 0 atom stereocenters. The van der Waals surface area contributed by atoms with Gasteiger partial charge in [0.1, 0.15) is 5.69 Å². The minimum absolute atomic E-state index is 0.231. The third-order valence-electron chi connectivity index (χ3n) is 3.75. The maximum Gasteiger partial charge on any atom is 0.257 e. The molecule has 0 bridgehead atoms. The fraction of sp³-hybridized carbons (Fsp3) is 0. The fourth-order valence-electron chi connectivity index (χ4n) is 2.44. The third-order valence-corrected chi connectivity index (χ3v) is 4.38. The van der Waals surface area contributed by atoms with Crippen LogP contribution in [-0.4, -0.2) is 20.2 Å². The number of anilines is 3. The van der Waals surface area contributed by atoms with Crippen molar-refractivity contribution in [3.63, 3.8) is 0 Å². The summed E-state index contributed by atoms with van der Waals surface area (Å²) in [4.78, 5) is 20.9. The number of pyridine rings is 1. The highest BCUT2D eigenvalue weighted by molar-refractivity contribution is 7.10. The topological polar surface area (TPSA) is 79.8 Å². The molecular weight excluding hydrogens is 358 g/mol. The van der Waals surface area contributed by atoms with E-state index in [2.05, 4.69) is 25.0 Å². The Labute approximate surface area is 160 Å². The number of para-hydroxylation sites is 1. The van der Waals surface area contributed by atoms with E-state index in [1.165, 1.54) is 0 Å². The lowest BCUT2D eigenvalue weighted by Gasteiger charge is -2.07. The van der Waals surface area contributed by atoms with E-state index in [0.29, 0.717) is 22.2 Å². The van der Waals surface area contributed by atoms with Crippen LogP contribution in [0.5, 0.6) is 0 Å². The van der Waals surface area contributed by atoms with Crippen LogP contribution in [0.25, 0.3) is 11.5 Å². The van der Waals surface area contributed by atoms with Crippen LogP contribution in [0.3, 0.4) is 0 Å². The maximum absolute atomic E-state index is 12.4. The van der Waals surface area contributed by atoms with Gasteiger partial charge in [-0.3, -0.25) is 15.1 Å². The lowest BCUT2D eigenvalue weighted by Crippen LogP contribution is -2.11. The molecule has 1 amide bonds. The first-order valence-corrected chi connectivity index (χ1v) is 9.04. The average Bonchev–Trinajstić information content (AvgIpc) is 3.18. The number of carbonyl (C=O) groups excluding carboxylic acids is 1. The molecule has 6 nitrogen and oxygen atoms in total. The van der Waals surface area contributed by atoms with Crippen molar-refractivity contribution >= 4 is 33.9 Å². The van der Waals surface area contributed by atoms with Crippen LogP contribution in [0, 0.1) is 0 Å². The van der Waals surface area contributed by atoms with Crippen molar-refractivity contribution in [3.8, 4) is 11.5 Å². The number of aromatic nitrogens is 3. The monoisotopic (exact) mass is 373 g/mol. The van der Waals surface area contributed by atoms with Crippen LogP contribution in [0.15, 0.2) is 79.0 Å². The van der Waals surface area contributed by atoms with E-state index in [-0.39, 0.29) is 5.91 Å². The van der Waals surface area contributed by atoms with E-state index in [0.717, 1.165) is 22.9 Å². The van der Waals surface area contributed by atoms with Gasteiger partial charge in [0, 0.05) is 34.7 Å². The molecule has 0 radical (unpaired) electrons. The Kier molecular flexibility index (Phi) is 4.84. The zero-order valence-corrected chi connectivity index (χ0v) is 15.0. The Bertz CT molecular complexity index is 1030. The first-order chi connectivity index (χ1) is 13.3. The molecule has 2 N–H and O–H groups in total. The molecule has 0 aliphatic rings. The Morgan fingerprint density at radius 2 is 1.59 bits per heavy atom. The van der Waals surface area contributed by atoms with Crippen molar-refractivity contribution in [2.24, 2.45) is 0 Å². The van der Waals surface area contributed by atoms with Crippen LogP contribution in [-0.2, 0) is 0 Å². The highest BCUT2D eigenvalue weighted by atomic mass is 32.1. The summed E-state index contributed by atoms with van der Waals surface area (Å²) in [6.45, 7) is 0. The van der Waals surface area contributed by atoms with E-state index in [1.807, 2.05) is 60.7 Å². The quantitative estimate of drug-likeness (QED) is 0.535. The molecule has 2 aromatic heterocycles. The van der Waals surface area contributed by atoms with Crippen molar-refractivity contribution < 1.29 is 4.79 Å². The molecule has 4 rings (SSSR count). The highest BCUT2D eigenvalue weighted by Crippen LogP contribution is 2.20. The van der Waals surface area contributed by atoms with Crippen molar-refractivity contribution in [2.45, 2.75) is 0 Å². The second kappa shape index (κ2) is 7.76. The largest absolute Gasteiger partial charge is 0.356 e. The van der Waals surface area contributed by atoms with Gasteiger partial charge in [0.25, 0.3) is 5.91 Å². The molecular formula is C20H15N5OS. The zero-order valence-electron chi connectivity index (χ0n) is 14.2. The summed E-state index contributed by atoms with van der Waals surface area (Å²) >= 11 is 1.13. The van der Waals surface area contributed by atoms with Gasteiger partial charge in [0.05, 0.1) is 0 Å². The smallest absolute Gasteiger partial charge is 0.257 e. The molecule has 27 heavy (non-hydrogen) atoms. The van der Waals surface area contributed by atoms with Gasteiger partial charge in [-0.1, -0.05) is 24.3 Å². The van der Waals surface area contributed by atoms with E-state index in [9.17, 15) is 4.79 Å². The average molecular weight is 373 g/mol. The minimum Gasteiger partial charge on any atom is -0.356 e. The standard InChI is InChI=1S/C20H15N5OS/c26-19(24-20-23-18(25-27-20)17-8-4-5-13-21-17)14-9-11-16(12-10-14)22-15-6-2-1-3-7-15/h1-13,22H,(H,23,24,25,26). The molecule has 4 aromatic rings. The predicted molar refractivity (Wildman–Crippen MR) is 107 cm³/mol. The summed E-state index contributed by atoms with van der Waals surface area (Å²) in [6, 6.07) is 22.6. The molecule has 2 heterocycles. The second-order valence-electron chi connectivity index (χ2n) is 5.66. The second-order valence-corrected chi connectivity index (χ2v) is 6.41. The molecule has 0 saturated carbocycles. The molecule has 0 spiro atoms. The summed E-state index contributed by atoms with van der Waals surface area (Å²) < 4.78 is 4.24. The van der Waals surface area contributed by atoms with Gasteiger partial charge in [0.2, 0.25) is 5.13 Å². The number of amides is 1. The molecule has 0 aliphatic carbocycles. The van der Waals surface area contributed by atoms with Crippen molar-refractivity contribution in [3.05, 3.63) is 84.6 Å². The molecule has 2 aromatic carbocycles. The summed E-state index contributed by atoms with van der Waals surface area (Å²) in [5.41, 5.74) is 3.12. The normalized spacial score (nSPS) is 10.4. The molecule has 0 fully saturated rings. The Balaban J connectivity index is 1.42. The number of nitrogens with one attached hydrogen (secondary N) is 2. The van der Waals surface area contributed by atoms with Crippen LogP contribution >= 0.6 is 11.5 Å². The van der Waals surface area contributed by atoms with Crippen molar-refractivity contribution in [2.75, 3.05) is 10.6 Å². The summed E-state index contributed by atoms with van der Waals surface area (Å²) in [7, 11) is 0. The van der Waals surface area contributed by atoms with Gasteiger partial charge in [-0.15, -0.1) is 0 Å². The summed E-state index contributed by atoms with van der Waals surface area (Å²) in [5, 5.41) is 6.49. The number of hydrogen-bond donors (Lipinski definition) is 2. The maximum atomic E-state index is 12.4. The first kappa shape index (κ1) is 16.9. The van der Waals surface area contributed by atoms with E-state index in [1.54, 1.807) is 18.3 Å². The van der Waals surface area contributed by atoms with Crippen LogP contribution < -0.4 is 10.6 Å². The van der Waals surface area contributed by atoms with E-state index < -0.39 is 0 Å². The summed E-state index contributed by atoms with van der Waals surface area (Å²) in [5.74, 6) is 0.267. The summed E-state index contributed by atoms with van der Waals surface area (Å²) in [6.07, 6.45) is 1.68. The van der Waals surface area contributed by atoms with E-state index in [4.69, 9.17) is 0 Å². The van der Waals surface area contributed by atoms with Gasteiger partial charge < -0.3 is 5.32 Å². The number of benzene rings is 2. The SMILES string of the molecule is O=C(Nc1nc(-c2ccccn2)ns1)c1ccc(Nc2ccccc2)cc1. The third kappa shape index (κ3) is 4.16. The predicted octanol–water partition coefficient (Wildman–Crippen LogP) is 4.60. The Morgan fingerprint density at radius 1 is 0.852 bits per heavy atom. The van der Waals surface area contributed by atoms with Gasteiger partial charge in [0.15, 0.2) is 5.82 Å². The van der Waals surface area contributed by atoms with E-state index >= 15 is 0 Å². The zero-order chi connectivity index (χ0) is 18.5. The lowest BCUT2D eigenvalue weighted by atomic mass is 10.2. The number of rotatable bonds is 5. The number of hydrogen-bond acceptors (Lipinski definition) is 6. The molecule has 0 saturated heterocycles. The van der Waals surface area contributed by atoms with Crippen molar-refractivity contribution in [1.29, 1.82) is 0 Å². The van der Waals surface area contributed by atoms with Gasteiger partial charge in [-0.25, -0.2) is 0 Å². The fourth-order valence-corrected chi connectivity index (χ4v) is 3.01.